The van der Waals surface area contributed by atoms with E-state index in [9.17, 15) is 9.36 Å². The number of hydrogen-bond acceptors (Lipinski definition) is 4. The molecular formula is C16H17ClNO4P. The first-order chi connectivity index (χ1) is 11.0. The lowest BCUT2D eigenvalue weighted by molar-refractivity contribution is 0.118. The highest BCUT2D eigenvalue weighted by molar-refractivity contribution is 7.84. The number of carbonyl (C=O) groups is 1. The van der Waals surface area contributed by atoms with E-state index in [1.165, 1.54) is 0 Å². The summed E-state index contributed by atoms with van der Waals surface area (Å²) in [5.41, 5.74) is 0.824. The Morgan fingerprint density at radius 1 is 1.09 bits per heavy atom. The van der Waals surface area contributed by atoms with Crippen molar-refractivity contribution in [2.75, 3.05) is 6.54 Å². The van der Waals surface area contributed by atoms with Crippen molar-refractivity contribution in [3.63, 3.8) is 0 Å². The minimum atomic E-state index is -3.87. The van der Waals surface area contributed by atoms with Crippen LogP contribution in [0.15, 0.2) is 60.7 Å². The zero-order valence-electron chi connectivity index (χ0n) is 12.6. The molecule has 0 aliphatic heterocycles. The predicted octanol–water partition coefficient (Wildman–Crippen LogP) is 5.07. The average molecular weight is 354 g/mol. The molecule has 0 fully saturated rings. The molecule has 0 aliphatic carbocycles. The van der Waals surface area contributed by atoms with Gasteiger partial charge in [0.1, 0.15) is 12.4 Å². The SMILES string of the molecule is CCN(C(=O)OCc1ccccc1)P(=O)(Cl)Oc1ccccc1. The first-order valence-electron chi connectivity index (χ1n) is 7.06. The van der Waals surface area contributed by atoms with Crippen molar-refractivity contribution in [1.82, 2.24) is 4.67 Å². The second kappa shape index (κ2) is 8.04. The summed E-state index contributed by atoms with van der Waals surface area (Å²) < 4.78 is 23.9. The van der Waals surface area contributed by atoms with Crippen LogP contribution >= 0.6 is 18.1 Å². The highest BCUT2D eigenvalue weighted by atomic mass is 35.7. The zero-order chi connectivity index (χ0) is 16.7. The highest BCUT2D eigenvalue weighted by Crippen LogP contribution is 2.55. The van der Waals surface area contributed by atoms with E-state index in [1.807, 2.05) is 30.3 Å². The molecule has 0 aliphatic rings. The van der Waals surface area contributed by atoms with E-state index in [-0.39, 0.29) is 13.2 Å². The third kappa shape index (κ3) is 5.02. The first-order valence-corrected chi connectivity index (χ1v) is 9.54. The van der Waals surface area contributed by atoms with E-state index in [1.54, 1.807) is 37.3 Å². The van der Waals surface area contributed by atoms with Gasteiger partial charge in [-0.05, 0) is 24.6 Å². The van der Waals surface area contributed by atoms with Crippen molar-refractivity contribution in [3.8, 4) is 5.75 Å². The lowest BCUT2D eigenvalue weighted by Gasteiger charge is -2.24. The Morgan fingerprint density at radius 2 is 1.65 bits per heavy atom. The minimum Gasteiger partial charge on any atom is -0.444 e. The molecule has 1 atom stereocenters. The van der Waals surface area contributed by atoms with E-state index in [0.29, 0.717) is 5.75 Å². The largest absolute Gasteiger partial charge is 0.444 e. The molecule has 0 aromatic heterocycles. The molecule has 5 nitrogen and oxygen atoms in total. The number of benzene rings is 2. The molecule has 23 heavy (non-hydrogen) atoms. The predicted molar refractivity (Wildman–Crippen MR) is 89.5 cm³/mol. The molecular weight excluding hydrogens is 337 g/mol. The van der Waals surface area contributed by atoms with Gasteiger partial charge >= 0.3 is 13.0 Å². The van der Waals surface area contributed by atoms with Crippen LogP contribution in [-0.2, 0) is 15.9 Å². The fourth-order valence-corrected chi connectivity index (χ4v) is 3.67. The van der Waals surface area contributed by atoms with E-state index < -0.39 is 13.0 Å². The summed E-state index contributed by atoms with van der Waals surface area (Å²) in [5.74, 6) is 0.320. The van der Waals surface area contributed by atoms with Gasteiger partial charge in [0.2, 0.25) is 0 Å². The highest BCUT2D eigenvalue weighted by Gasteiger charge is 2.35. The number of nitrogens with zero attached hydrogens (tertiary/aromatic N) is 1. The van der Waals surface area contributed by atoms with Crippen LogP contribution < -0.4 is 4.52 Å². The maximum atomic E-state index is 12.5. The van der Waals surface area contributed by atoms with E-state index in [2.05, 4.69) is 0 Å². The van der Waals surface area contributed by atoms with Crippen molar-refractivity contribution in [2.45, 2.75) is 13.5 Å². The van der Waals surface area contributed by atoms with Gasteiger partial charge in [0, 0.05) is 17.8 Å². The quantitative estimate of drug-likeness (QED) is 0.680. The van der Waals surface area contributed by atoms with Crippen LogP contribution in [0.25, 0.3) is 0 Å². The van der Waals surface area contributed by atoms with Crippen LogP contribution in [0.4, 0.5) is 4.79 Å². The summed E-state index contributed by atoms with van der Waals surface area (Å²) in [6.07, 6.45) is -0.786. The Kier molecular flexibility index (Phi) is 6.08. The lowest BCUT2D eigenvalue weighted by atomic mass is 10.2. The monoisotopic (exact) mass is 353 g/mol. The number of rotatable bonds is 6. The molecule has 0 bridgehead atoms. The van der Waals surface area contributed by atoms with Crippen molar-refractivity contribution in [3.05, 3.63) is 66.2 Å². The van der Waals surface area contributed by atoms with E-state index in [4.69, 9.17) is 20.5 Å². The van der Waals surface area contributed by atoms with Crippen LogP contribution in [-0.4, -0.2) is 17.3 Å². The number of para-hydroxylation sites is 1. The van der Waals surface area contributed by atoms with Crippen molar-refractivity contribution in [2.24, 2.45) is 0 Å². The van der Waals surface area contributed by atoms with Crippen LogP contribution in [0, 0.1) is 0 Å². The van der Waals surface area contributed by atoms with Gasteiger partial charge in [-0.2, -0.15) is 0 Å². The summed E-state index contributed by atoms with van der Waals surface area (Å²) in [6.45, 7) is -2.06. The average Bonchev–Trinajstić information content (AvgIpc) is 2.55. The molecule has 1 amide bonds. The molecule has 2 rings (SSSR count). The molecule has 122 valence electrons. The summed E-state index contributed by atoms with van der Waals surface area (Å²) in [4.78, 5) is 12.2. The number of ether oxygens (including phenoxy) is 1. The van der Waals surface area contributed by atoms with Crippen molar-refractivity contribution < 1.29 is 18.6 Å². The number of carbonyl (C=O) groups excluding carboxylic acids is 1. The summed E-state index contributed by atoms with van der Waals surface area (Å²) in [5, 5.41) is 0. The van der Waals surface area contributed by atoms with Crippen molar-refractivity contribution in [1.29, 1.82) is 0 Å². The zero-order valence-corrected chi connectivity index (χ0v) is 14.2. The Bertz CT molecular complexity index is 681. The van der Waals surface area contributed by atoms with Gasteiger partial charge in [-0.1, -0.05) is 48.5 Å². The first kappa shape index (κ1) is 17.4. The van der Waals surface area contributed by atoms with Crippen LogP contribution in [0.3, 0.4) is 0 Å². The molecule has 0 heterocycles. The summed E-state index contributed by atoms with van der Waals surface area (Å²) >= 11 is 5.97. The third-order valence-corrected chi connectivity index (χ3v) is 5.18. The van der Waals surface area contributed by atoms with Gasteiger partial charge < -0.3 is 9.26 Å². The third-order valence-electron chi connectivity index (χ3n) is 2.96. The number of halogens is 1. The second-order valence-electron chi connectivity index (χ2n) is 4.61. The van der Waals surface area contributed by atoms with Gasteiger partial charge in [0.25, 0.3) is 0 Å². The Morgan fingerprint density at radius 3 is 2.22 bits per heavy atom. The van der Waals surface area contributed by atoms with Crippen molar-refractivity contribution >= 4 is 24.2 Å². The summed E-state index contributed by atoms with van der Waals surface area (Å²) in [7, 11) is 0. The Labute approximate surface area is 140 Å². The van der Waals surface area contributed by atoms with Gasteiger partial charge in [0.05, 0.1) is 0 Å². The maximum Gasteiger partial charge on any atom is 0.443 e. The van der Waals surface area contributed by atoms with E-state index in [0.717, 1.165) is 10.2 Å². The smallest absolute Gasteiger partial charge is 0.443 e. The fraction of sp³-hybridized carbons (Fsp3) is 0.188. The fourth-order valence-electron chi connectivity index (χ4n) is 1.85. The molecule has 2 aromatic carbocycles. The van der Waals surface area contributed by atoms with Crippen LogP contribution in [0.1, 0.15) is 12.5 Å². The molecule has 2 aromatic rings. The second-order valence-corrected chi connectivity index (χ2v) is 7.46. The lowest BCUT2D eigenvalue weighted by Crippen LogP contribution is -2.28. The van der Waals surface area contributed by atoms with Gasteiger partial charge in [-0.15, -0.1) is 0 Å². The Hall–Kier alpha value is -1.97. The summed E-state index contributed by atoms with van der Waals surface area (Å²) in [6, 6.07) is 17.6. The van der Waals surface area contributed by atoms with Gasteiger partial charge in [0.15, 0.2) is 0 Å². The normalized spacial score (nSPS) is 13.0. The topological polar surface area (TPSA) is 55.8 Å². The van der Waals surface area contributed by atoms with Gasteiger partial charge in [-0.25, -0.2) is 14.0 Å². The molecule has 0 saturated carbocycles. The molecule has 0 radical (unpaired) electrons. The molecule has 1 unspecified atom stereocenters. The minimum absolute atomic E-state index is 0.0679. The maximum absolute atomic E-state index is 12.5. The van der Waals surface area contributed by atoms with Gasteiger partial charge in [-0.3, -0.25) is 0 Å². The van der Waals surface area contributed by atoms with E-state index >= 15 is 0 Å². The molecule has 0 saturated heterocycles. The Balaban J connectivity index is 2.02. The standard InChI is InChI=1S/C16H17ClNO4P/c1-2-18(16(19)21-13-14-9-5-3-6-10-14)23(17,20)22-15-11-7-4-8-12-15/h3-12H,2,13H2,1H3. The number of hydrogen-bond donors (Lipinski definition) is 0. The van der Waals surface area contributed by atoms with Crippen LogP contribution in [0.5, 0.6) is 5.75 Å². The molecule has 7 heteroatoms. The number of amides is 1. The molecule has 0 N–H and O–H groups in total. The van der Waals surface area contributed by atoms with Crippen LogP contribution in [0.2, 0.25) is 0 Å². The molecule has 0 spiro atoms.